The van der Waals surface area contributed by atoms with E-state index in [9.17, 15) is 14.4 Å². The van der Waals surface area contributed by atoms with Gasteiger partial charge >= 0.3 is 0 Å². The SMILES string of the molecule is COc1ccc(OC)c(C2C(C(=O)c3ccc(Cl)cc3)C(=O)C(=O)N2CCC[n+]2cc[nH]c2)c1. The molecule has 4 rings (SSSR count). The van der Waals surface area contributed by atoms with Crippen LogP contribution in [0.4, 0.5) is 0 Å². The smallest absolute Gasteiger partial charge is 0.291 e. The molecule has 1 amide bonds. The highest BCUT2D eigenvalue weighted by Gasteiger charge is 2.52. The summed E-state index contributed by atoms with van der Waals surface area (Å²) >= 11 is 5.97. The van der Waals surface area contributed by atoms with Crippen molar-refractivity contribution in [3.05, 3.63) is 77.3 Å². The Bertz CT molecular complexity index is 1190. The molecule has 0 bridgehead atoms. The van der Waals surface area contributed by atoms with Crippen molar-refractivity contribution in [3.8, 4) is 11.5 Å². The summed E-state index contributed by atoms with van der Waals surface area (Å²) in [7, 11) is 3.03. The molecule has 1 aliphatic heterocycles. The van der Waals surface area contributed by atoms with Gasteiger partial charge in [-0.25, -0.2) is 4.57 Å². The minimum atomic E-state index is -1.21. The number of methoxy groups -OCH3 is 2. The van der Waals surface area contributed by atoms with E-state index in [4.69, 9.17) is 21.1 Å². The molecule has 0 spiro atoms. The summed E-state index contributed by atoms with van der Waals surface area (Å²) in [6.07, 6.45) is 6.08. The third-order valence-corrected chi connectivity index (χ3v) is 6.24. The predicted octanol–water partition coefficient (Wildman–Crippen LogP) is 3.01. The van der Waals surface area contributed by atoms with Gasteiger partial charge in [-0.05, 0) is 42.5 Å². The number of aromatic nitrogens is 2. The molecule has 1 saturated heterocycles. The molecule has 2 unspecified atom stereocenters. The lowest BCUT2D eigenvalue weighted by molar-refractivity contribution is -0.695. The average molecular weight is 483 g/mol. The Balaban J connectivity index is 1.74. The minimum absolute atomic E-state index is 0.290. The van der Waals surface area contributed by atoms with E-state index in [1.54, 1.807) is 48.7 Å². The van der Waals surface area contributed by atoms with E-state index in [1.165, 1.54) is 19.1 Å². The Morgan fingerprint density at radius 3 is 2.53 bits per heavy atom. The lowest BCUT2D eigenvalue weighted by Gasteiger charge is -2.28. The van der Waals surface area contributed by atoms with Gasteiger partial charge < -0.3 is 14.4 Å². The summed E-state index contributed by atoms with van der Waals surface area (Å²) in [5.41, 5.74) is 0.856. The fraction of sp³-hybridized carbons (Fsp3) is 0.280. The first-order valence-corrected chi connectivity index (χ1v) is 11.2. The number of benzene rings is 2. The Morgan fingerprint density at radius 1 is 1.12 bits per heavy atom. The van der Waals surface area contributed by atoms with Crippen molar-refractivity contribution >= 4 is 29.1 Å². The number of imidazole rings is 1. The molecule has 8 nitrogen and oxygen atoms in total. The van der Waals surface area contributed by atoms with Crippen LogP contribution < -0.4 is 14.0 Å². The summed E-state index contributed by atoms with van der Waals surface area (Å²) < 4.78 is 12.9. The van der Waals surface area contributed by atoms with Crippen LogP contribution in [0.1, 0.15) is 28.4 Å². The Hall–Kier alpha value is -3.65. The van der Waals surface area contributed by atoms with Gasteiger partial charge in [0.25, 0.3) is 5.91 Å². The third-order valence-electron chi connectivity index (χ3n) is 5.99. The van der Waals surface area contributed by atoms with Crippen LogP contribution in [0.15, 0.2) is 61.2 Å². The molecule has 9 heteroatoms. The lowest BCUT2D eigenvalue weighted by Crippen LogP contribution is -2.36. The van der Waals surface area contributed by atoms with Crippen molar-refractivity contribution in [3.63, 3.8) is 0 Å². The van der Waals surface area contributed by atoms with Gasteiger partial charge in [0.15, 0.2) is 5.78 Å². The van der Waals surface area contributed by atoms with E-state index in [-0.39, 0.29) is 6.54 Å². The lowest BCUT2D eigenvalue weighted by atomic mass is 9.86. The number of nitrogens with one attached hydrogen (secondary N) is 1. The number of ether oxygens (including phenoxy) is 2. The number of rotatable bonds is 9. The van der Waals surface area contributed by atoms with Crippen LogP contribution in [0, 0.1) is 5.92 Å². The first-order chi connectivity index (χ1) is 16.4. The van der Waals surface area contributed by atoms with Crippen molar-refractivity contribution < 1.29 is 28.4 Å². The molecule has 34 heavy (non-hydrogen) atoms. The molecule has 2 atom stereocenters. The summed E-state index contributed by atoms with van der Waals surface area (Å²) in [6, 6.07) is 10.6. The number of halogens is 1. The van der Waals surface area contributed by atoms with Gasteiger partial charge in [0, 0.05) is 29.1 Å². The Labute approximate surface area is 202 Å². The zero-order chi connectivity index (χ0) is 24.2. The van der Waals surface area contributed by atoms with Crippen LogP contribution in [0.25, 0.3) is 0 Å². The highest BCUT2D eigenvalue weighted by atomic mass is 35.5. The van der Waals surface area contributed by atoms with Crippen molar-refractivity contribution in [1.82, 2.24) is 9.88 Å². The van der Waals surface area contributed by atoms with Gasteiger partial charge in [-0.1, -0.05) is 11.6 Å². The maximum Gasteiger partial charge on any atom is 0.291 e. The zero-order valence-electron chi connectivity index (χ0n) is 18.9. The van der Waals surface area contributed by atoms with Crippen LogP contribution in [-0.2, 0) is 16.1 Å². The summed E-state index contributed by atoms with van der Waals surface area (Å²) in [5, 5.41) is 0.472. The number of carbonyl (C=O) groups excluding carboxylic acids is 3. The van der Waals surface area contributed by atoms with E-state index in [0.29, 0.717) is 40.6 Å². The number of aryl methyl sites for hydroxylation is 1. The van der Waals surface area contributed by atoms with Gasteiger partial charge in [-0.2, -0.15) is 0 Å². The van der Waals surface area contributed by atoms with E-state index in [1.807, 2.05) is 17.1 Å². The normalized spacial score (nSPS) is 17.8. The molecule has 1 aromatic heterocycles. The standard InChI is InChI=1S/C25H24ClN3O5/c1-33-18-8-9-20(34-2)19(14-18)22-21(23(30)16-4-6-17(26)7-5-16)24(31)25(32)29(22)12-3-11-28-13-10-27-15-28/h4-10,13-15,21-22H,3,11-12H2,1-2H3/p+1. The minimum Gasteiger partial charge on any atom is -0.497 e. The molecule has 2 aromatic carbocycles. The van der Waals surface area contributed by atoms with Crippen molar-refractivity contribution in [2.45, 2.75) is 19.0 Å². The highest BCUT2D eigenvalue weighted by Crippen LogP contribution is 2.43. The molecule has 176 valence electrons. The average Bonchev–Trinajstić information content (AvgIpc) is 3.46. The van der Waals surface area contributed by atoms with Crippen LogP contribution in [0.3, 0.4) is 0 Å². The van der Waals surface area contributed by atoms with Crippen LogP contribution >= 0.6 is 11.6 Å². The zero-order valence-corrected chi connectivity index (χ0v) is 19.6. The fourth-order valence-corrected chi connectivity index (χ4v) is 4.45. The Morgan fingerprint density at radius 2 is 1.88 bits per heavy atom. The van der Waals surface area contributed by atoms with Gasteiger partial charge in [0.1, 0.15) is 29.8 Å². The van der Waals surface area contributed by atoms with Crippen LogP contribution in [-0.4, -0.2) is 48.1 Å². The molecule has 1 N–H and O–H groups in total. The number of likely N-dealkylation sites (tertiary alicyclic amines) is 1. The topological polar surface area (TPSA) is 92.6 Å². The molecule has 2 heterocycles. The molecule has 0 saturated carbocycles. The first-order valence-electron chi connectivity index (χ1n) is 10.8. The number of H-pyrrole nitrogens is 1. The molecular formula is C25H25ClN3O5+. The number of amides is 1. The number of carbonyl (C=O) groups is 3. The number of hydrogen-bond donors (Lipinski definition) is 1. The molecular weight excluding hydrogens is 458 g/mol. The second-order valence-electron chi connectivity index (χ2n) is 7.97. The van der Waals surface area contributed by atoms with E-state index in [0.717, 1.165) is 0 Å². The van der Waals surface area contributed by atoms with Crippen molar-refractivity contribution in [2.75, 3.05) is 20.8 Å². The first kappa shape index (κ1) is 23.5. The van der Waals surface area contributed by atoms with Gasteiger partial charge in [-0.3, -0.25) is 19.4 Å². The van der Waals surface area contributed by atoms with Crippen LogP contribution in [0.5, 0.6) is 11.5 Å². The molecule has 0 aliphatic carbocycles. The quantitative estimate of drug-likeness (QED) is 0.219. The Kier molecular flexibility index (Phi) is 6.98. The van der Waals surface area contributed by atoms with Gasteiger partial charge in [0.05, 0.1) is 26.8 Å². The number of nitrogens with zero attached hydrogens (tertiary/aromatic N) is 2. The molecule has 1 fully saturated rings. The fourth-order valence-electron chi connectivity index (χ4n) is 4.32. The summed E-state index contributed by atoms with van der Waals surface area (Å²) in [5.74, 6) is -2.07. The third kappa shape index (κ3) is 4.54. The number of hydrogen-bond acceptors (Lipinski definition) is 5. The maximum absolute atomic E-state index is 13.5. The van der Waals surface area contributed by atoms with Gasteiger partial charge in [0.2, 0.25) is 12.1 Å². The van der Waals surface area contributed by atoms with E-state index >= 15 is 0 Å². The van der Waals surface area contributed by atoms with Crippen molar-refractivity contribution in [2.24, 2.45) is 5.92 Å². The van der Waals surface area contributed by atoms with Crippen molar-refractivity contribution in [1.29, 1.82) is 0 Å². The van der Waals surface area contributed by atoms with E-state index in [2.05, 4.69) is 4.98 Å². The number of aromatic amines is 1. The summed E-state index contributed by atoms with van der Waals surface area (Å²) in [6.45, 7) is 0.928. The summed E-state index contributed by atoms with van der Waals surface area (Å²) in [4.78, 5) is 44.3. The number of ketones is 2. The number of Topliss-reactive ketones (excluding diaryl/α,β-unsaturated/α-hetero) is 2. The molecule has 3 aromatic rings. The highest BCUT2D eigenvalue weighted by molar-refractivity contribution is 6.44. The monoisotopic (exact) mass is 482 g/mol. The van der Waals surface area contributed by atoms with E-state index < -0.39 is 29.4 Å². The largest absolute Gasteiger partial charge is 0.497 e. The second kappa shape index (κ2) is 10.1. The molecule has 1 aliphatic rings. The predicted molar refractivity (Wildman–Crippen MR) is 124 cm³/mol. The van der Waals surface area contributed by atoms with Gasteiger partial charge in [-0.15, -0.1) is 0 Å². The maximum atomic E-state index is 13.5. The molecule has 0 radical (unpaired) electrons. The van der Waals surface area contributed by atoms with Crippen LogP contribution in [0.2, 0.25) is 5.02 Å². The second-order valence-corrected chi connectivity index (χ2v) is 8.40.